The second-order valence-electron chi connectivity index (χ2n) is 43.1. The molecule has 0 unspecified atom stereocenters. The van der Waals surface area contributed by atoms with Crippen LogP contribution in [-0.2, 0) is 38.5 Å². The summed E-state index contributed by atoms with van der Waals surface area (Å²) in [7, 11) is 9.48. The number of methoxy groups -OCH3 is 6. The molecule has 732 valence electrons. The number of benzene rings is 6. The number of hydrogen-bond donors (Lipinski definition) is 12. The predicted octanol–water partition coefficient (Wildman–Crippen LogP) is 16.4. The second kappa shape index (κ2) is 45.2. The Balaban J connectivity index is 0.000000135. The number of fused-ring (bicyclic) bond motifs is 18. The summed E-state index contributed by atoms with van der Waals surface area (Å²) >= 11 is 0. The molecule has 12 aliphatic heterocycles. The van der Waals surface area contributed by atoms with E-state index >= 15 is 0 Å². The van der Waals surface area contributed by atoms with Crippen LogP contribution in [0.2, 0.25) is 0 Å². The molecule has 0 aliphatic carbocycles. The molecule has 6 fully saturated rings. The first-order valence-electron chi connectivity index (χ1n) is 49.9. The maximum Gasteiger partial charge on any atom is 0.160 e. The van der Waals surface area contributed by atoms with E-state index in [-0.39, 0.29) is 107 Å². The average molecular weight is 1830 g/mol. The van der Waals surface area contributed by atoms with Gasteiger partial charge in [-0.2, -0.15) is 0 Å². The zero-order valence-corrected chi connectivity index (χ0v) is 82.5. The van der Waals surface area contributed by atoms with Crippen molar-refractivity contribution in [2.24, 2.45) is 71.0 Å². The van der Waals surface area contributed by atoms with Crippen LogP contribution in [0.5, 0.6) is 69.0 Å². The first kappa shape index (κ1) is 102. The highest BCUT2D eigenvalue weighted by Crippen LogP contribution is 2.52. The summed E-state index contributed by atoms with van der Waals surface area (Å²) in [5.41, 5.74) is 14.4. The lowest BCUT2D eigenvalue weighted by molar-refractivity contribution is -0.0192. The summed E-state index contributed by atoms with van der Waals surface area (Å²) < 4.78 is 31.5. The number of phenols is 6. The molecule has 0 bridgehead atoms. The molecular weight excluding hydrogens is 1670 g/mol. The molecule has 24 heteroatoms. The fourth-order valence-corrected chi connectivity index (χ4v) is 24.7. The Morgan fingerprint density at radius 1 is 0.227 bits per heavy atom. The Morgan fingerprint density at radius 2 is 0.371 bits per heavy atom. The molecule has 0 radical (unpaired) electrons. The van der Waals surface area contributed by atoms with Crippen molar-refractivity contribution in [1.29, 1.82) is 0 Å². The van der Waals surface area contributed by atoms with Crippen LogP contribution >= 0.6 is 0 Å². The van der Waals surface area contributed by atoms with Gasteiger partial charge in [0.2, 0.25) is 0 Å². The molecule has 6 aromatic carbocycles. The molecule has 0 aromatic heterocycles. The Kier molecular flexibility index (Phi) is 34.8. The summed E-state index contributed by atoms with van der Waals surface area (Å²) in [5, 5.41) is 123. The SMILES string of the molecule is COc1cc2c(cc1O)CCN1C[C@@H](CC(C)C)[C@@H](O)C[C@H]21.COc1cc2c(cc1O)CCN1C[C@@H](CC(C)C)[C@H](O)C[C@H]21.COc1cc2c(cc1O)CCN1C[C@H](CC(C)C)[C@@H](O)C[C@@H]21.COc1cc2c(cc1O)CCN1C[C@H](CC(C)C)[C@H](O)C[C@@H]21.COc1cc2c(cc1O)[C@@H]1C[C@@H](O)[C@@H](CC(C)C)CN1CC2.COc1cc2c(cc1O)[C@H]1C[C@H](O)[C@H](CC(C)C)CN1CC2. The lowest BCUT2D eigenvalue weighted by atomic mass is 9.79. The summed E-state index contributed by atoms with van der Waals surface area (Å²) in [6.07, 6.45) is 15.4. The minimum Gasteiger partial charge on any atom is -0.504 e. The summed E-state index contributed by atoms with van der Waals surface area (Å²) in [4.78, 5) is 15.0. The maximum absolute atomic E-state index is 10.6. The number of aromatic hydroxyl groups is 6. The molecule has 0 saturated carbocycles. The Morgan fingerprint density at radius 3 is 0.530 bits per heavy atom. The third kappa shape index (κ3) is 24.0. The molecule has 132 heavy (non-hydrogen) atoms. The fraction of sp³-hybridized carbons (Fsp3) is 0.667. The highest BCUT2D eigenvalue weighted by Gasteiger charge is 2.46. The molecule has 0 spiro atoms. The number of aliphatic hydroxyl groups excluding tert-OH is 6. The second-order valence-corrected chi connectivity index (χ2v) is 43.1. The Hall–Kier alpha value is -7.56. The first-order chi connectivity index (χ1) is 62.9. The molecule has 0 amide bonds. The van der Waals surface area contributed by atoms with Gasteiger partial charge in [0.05, 0.1) is 79.3 Å². The number of aliphatic hydroxyl groups is 6. The lowest BCUT2D eigenvalue weighted by Gasteiger charge is -2.46. The third-order valence-corrected chi connectivity index (χ3v) is 31.0. The van der Waals surface area contributed by atoms with Gasteiger partial charge in [0.1, 0.15) is 0 Å². The van der Waals surface area contributed by atoms with Crippen molar-refractivity contribution in [2.75, 3.05) is 121 Å². The number of hydrogen-bond acceptors (Lipinski definition) is 24. The standard InChI is InChI=1S/6C18H27NO3/c2*1-11(2)6-13-10-19-5-4-12-7-18(22-3)17(21)8-14(12)15(19)9-16(13)20;4*1-11(2)6-13-10-19-5-4-12-7-17(21)18(22-3)8-14(12)15(19)9-16(13)20/h6*7-8,11,13,15-16,20-21H,4-6,9-10H2,1-3H3/t4*13-,15-,16+;2*13-,15-,16-/m101010/s1. The number of phenolic OH excluding ortho intramolecular Hbond substituents is 6. The first-order valence-corrected chi connectivity index (χ1v) is 49.9. The van der Waals surface area contributed by atoms with Crippen LogP contribution in [0.1, 0.15) is 263 Å². The van der Waals surface area contributed by atoms with Crippen molar-refractivity contribution < 1.29 is 89.7 Å². The number of nitrogens with zero attached hydrogens (tertiary/aromatic N) is 6. The van der Waals surface area contributed by atoms with Gasteiger partial charge >= 0.3 is 0 Å². The molecule has 6 aromatic rings. The van der Waals surface area contributed by atoms with Gasteiger partial charge in [-0.1, -0.05) is 83.1 Å². The minimum atomic E-state index is -0.251. The van der Waals surface area contributed by atoms with Gasteiger partial charge in [-0.05, 0) is 326 Å². The zero-order chi connectivity index (χ0) is 95.1. The van der Waals surface area contributed by atoms with E-state index in [0.29, 0.717) is 106 Å². The zero-order valence-electron chi connectivity index (χ0n) is 82.5. The van der Waals surface area contributed by atoms with E-state index in [4.69, 9.17) is 28.4 Å². The Labute approximate surface area is 787 Å². The van der Waals surface area contributed by atoms with Crippen LogP contribution < -0.4 is 28.4 Å². The van der Waals surface area contributed by atoms with E-state index in [0.717, 1.165) is 205 Å². The van der Waals surface area contributed by atoms with E-state index < -0.39 is 0 Å². The van der Waals surface area contributed by atoms with Crippen LogP contribution in [0.4, 0.5) is 0 Å². The van der Waals surface area contributed by atoms with E-state index in [1.165, 1.54) is 55.6 Å². The maximum atomic E-state index is 10.6. The molecule has 24 nitrogen and oxygen atoms in total. The largest absolute Gasteiger partial charge is 0.504 e. The van der Waals surface area contributed by atoms with Crippen LogP contribution in [0.3, 0.4) is 0 Å². The van der Waals surface area contributed by atoms with Gasteiger partial charge < -0.3 is 89.7 Å². The number of rotatable bonds is 18. The monoisotopic (exact) mass is 1830 g/mol. The molecule has 12 aliphatic rings. The Bertz CT molecular complexity index is 4280. The fourth-order valence-electron chi connectivity index (χ4n) is 24.7. The van der Waals surface area contributed by atoms with Crippen LogP contribution in [0.25, 0.3) is 0 Å². The molecule has 12 N–H and O–H groups in total. The van der Waals surface area contributed by atoms with Gasteiger partial charge in [-0.25, -0.2) is 0 Å². The van der Waals surface area contributed by atoms with Crippen molar-refractivity contribution in [3.8, 4) is 69.0 Å². The summed E-state index contributed by atoms with van der Waals surface area (Å²) in [6.45, 7) is 38.5. The van der Waals surface area contributed by atoms with Gasteiger partial charge in [0, 0.05) is 115 Å². The van der Waals surface area contributed by atoms with Gasteiger partial charge in [-0.15, -0.1) is 0 Å². The summed E-state index contributed by atoms with van der Waals surface area (Å²) in [6, 6.07) is 24.2. The quantitative estimate of drug-likeness (QED) is 0.0380. The third-order valence-electron chi connectivity index (χ3n) is 31.0. The van der Waals surface area contributed by atoms with Gasteiger partial charge in [0.15, 0.2) is 69.0 Å². The molecule has 6 saturated heterocycles. The van der Waals surface area contributed by atoms with Crippen molar-refractivity contribution in [3.05, 3.63) is 140 Å². The van der Waals surface area contributed by atoms with Gasteiger partial charge in [0.25, 0.3) is 0 Å². The van der Waals surface area contributed by atoms with Gasteiger partial charge in [-0.3, -0.25) is 29.4 Å². The van der Waals surface area contributed by atoms with Crippen LogP contribution in [0, 0.1) is 71.0 Å². The van der Waals surface area contributed by atoms with E-state index in [1.807, 2.05) is 72.8 Å². The summed E-state index contributed by atoms with van der Waals surface area (Å²) in [5.74, 6) is 10.3. The topological polar surface area (TPSA) is 318 Å². The molecule has 18 atom stereocenters. The predicted molar refractivity (Wildman–Crippen MR) is 517 cm³/mol. The van der Waals surface area contributed by atoms with E-state index in [9.17, 15) is 61.3 Å². The minimum absolute atomic E-state index is 0.196. The lowest BCUT2D eigenvalue weighted by Crippen LogP contribution is -2.48. The van der Waals surface area contributed by atoms with Crippen molar-refractivity contribution >= 4 is 0 Å². The van der Waals surface area contributed by atoms with Crippen LogP contribution in [0.15, 0.2) is 72.8 Å². The normalized spacial score (nSPS) is 28.3. The average Bonchev–Trinajstić information content (AvgIpc) is 0.794. The van der Waals surface area contributed by atoms with Crippen molar-refractivity contribution in [1.82, 2.24) is 29.4 Å². The molecule has 12 heterocycles. The van der Waals surface area contributed by atoms with Crippen molar-refractivity contribution in [2.45, 2.75) is 272 Å². The highest BCUT2D eigenvalue weighted by atomic mass is 16.5. The van der Waals surface area contributed by atoms with E-state index in [2.05, 4.69) is 112 Å². The van der Waals surface area contributed by atoms with Crippen molar-refractivity contribution in [3.63, 3.8) is 0 Å². The smallest absolute Gasteiger partial charge is 0.160 e. The molecule has 18 rings (SSSR count). The number of ether oxygens (including phenoxy) is 6. The van der Waals surface area contributed by atoms with Crippen LogP contribution in [-0.4, -0.2) is 248 Å². The van der Waals surface area contributed by atoms with E-state index in [1.54, 1.807) is 42.7 Å². The number of piperidine rings is 6. The highest BCUT2D eigenvalue weighted by molar-refractivity contribution is 5.54. The molecular formula is C108H162N6O18.